The van der Waals surface area contributed by atoms with E-state index in [1.165, 1.54) is 23.5 Å². The molecule has 1 aromatic heterocycles. The van der Waals surface area contributed by atoms with Crippen LogP contribution in [0, 0.1) is 6.92 Å². The van der Waals surface area contributed by atoms with Crippen LogP contribution in [0.3, 0.4) is 0 Å². The molecule has 0 aliphatic heterocycles. The van der Waals surface area contributed by atoms with Crippen LogP contribution >= 0.6 is 11.3 Å². The van der Waals surface area contributed by atoms with Crippen molar-refractivity contribution in [2.24, 2.45) is 11.6 Å². The zero-order valence-corrected chi connectivity index (χ0v) is 23.3. The molecule has 0 saturated carbocycles. The Morgan fingerprint density at radius 1 is 1.19 bits per heavy atom. The van der Waals surface area contributed by atoms with Gasteiger partial charge in [-0.3, -0.25) is 19.5 Å². The molecule has 37 heavy (non-hydrogen) atoms. The molecule has 198 valence electrons. The van der Waals surface area contributed by atoms with E-state index in [9.17, 15) is 13.2 Å². The molecule has 0 saturated heterocycles. The van der Waals surface area contributed by atoms with Crippen molar-refractivity contribution in [1.82, 2.24) is 4.98 Å². The minimum Gasteiger partial charge on any atom is -0.492 e. The van der Waals surface area contributed by atoms with E-state index in [4.69, 9.17) is 16.3 Å². The summed E-state index contributed by atoms with van der Waals surface area (Å²) in [5.41, 5.74) is 11.0. The minimum atomic E-state index is -3.60. The van der Waals surface area contributed by atoms with E-state index in [2.05, 4.69) is 15.0 Å². The van der Waals surface area contributed by atoms with Crippen LogP contribution in [-0.2, 0) is 15.4 Å². The number of nitrogens with two attached hydrogens (primary N) is 2. The van der Waals surface area contributed by atoms with Gasteiger partial charge in [-0.2, -0.15) is 0 Å². The van der Waals surface area contributed by atoms with Gasteiger partial charge in [0, 0.05) is 18.0 Å². The Bertz CT molecular complexity index is 1430. The second-order valence-corrected chi connectivity index (χ2v) is 12.2. The van der Waals surface area contributed by atoms with Gasteiger partial charge in [-0.15, -0.1) is 11.3 Å². The Balaban J connectivity index is 1.99. The number of carbonyl (C=O) groups excluding carboxylic acids is 1. The summed E-state index contributed by atoms with van der Waals surface area (Å²) in [7, 11) is -2.19. The summed E-state index contributed by atoms with van der Waals surface area (Å²) in [4.78, 5) is 18.1. The summed E-state index contributed by atoms with van der Waals surface area (Å²) >= 11 is 1.39. The number of thiazole rings is 1. The lowest BCUT2D eigenvalue weighted by atomic mass is 9.86. The Labute approximate surface area is 221 Å². The highest BCUT2D eigenvalue weighted by atomic mass is 32.2. The first-order valence-electron chi connectivity index (χ1n) is 11.2. The van der Waals surface area contributed by atoms with Crippen molar-refractivity contribution >= 4 is 50.0 Å². The molecular weight excluding hydrogens is 512 g/mol. The summed E-state index contributed by atoms with van der Waals surface area (Å²) in [5, 5.41) is 4.22. The quantitative estimate of drug-likeness (QED) is 0.245. The van der Waals surface area contributed by atoms with Crippen LogP contribution in [-0.4, -0.2) is 32.7 Å². The zero-order valence-electron chi connectivity index (χ0n) is 21.6. The number of amides is 1. The largest absolute Gasteiger partial charge is 0.492 e. The van der Waals surface area contributed by atoms with E-state index < -0.39 is 15.9 Å². The number of aryl methyl sites for hydroxylation is 1. The second kappa shape index (κ2) is 10.8. The van der Waals surface area contributed by atoms with Crippen LogP contribution in [0.4, 0.5) is 17.1 Å². The zero-order chi connectivity index (χ0) is 27.5. The van der Waals surface area contributed by atoms with Crippen LogP contribution in [0.2, 0.25) is 0 Å². The van der Waals surface area contributed by atoms with Gasteiger partial charge in [-0.05, 0) is 47.7 Å². The Kier molecular flexibility index (Phi) is 8.16. The van der Waals surface area contributed by atoms with Crippen LogP contribution in [0.15, 0.2) is 48.2 Å². The topological polar surface area (TPSA) is 153 Å². The average Bonchev–Trinajstić information content (AvgIpc) is 3.32. The fraction of sp³-hybridized carbons (Fsp3) is 0.280. The molecule has 3 aromatic rings. The fourth-order valence-corrected chi connectivity index (χ4v) is 4.61. The number of benzene rings is 2. The summed E-state index contributed by atoms with van der Waals surface area (Å²) in [6.07, 6.45) is 4.26. The maximum absolute atomic E-state index is 13.3. The van der Waals surface area contributed by atoms with Gasteiger partial charge in [-0.1, -0.05) is 26.8 Å². The smallest absolute Gasteiger partial charge is 0.255 e. The number of methoxy groups -OCH3 is 1. The number of sulfonamides is 1. The van der Waals surface area contributed by atoms with Gasteiger partial charge in [0.05, 0.1) is 46.5 Å². The number of hydrazine groups is 1. The standard InChI is InChI=1S/C25H32N6O4S2/c1-15-7-8-16(9-21(15)31(27)13-18(26)22-12-28-14-36-22)24(32)29-19-10-17(25(2,3)4)11-20(23(19)35-5)30-37(6,33)34/h7-14,30H,26-27H2,1-6H3,(H,29,32)/b18-13-. The van der Waals surface area contributed by atoms with E-state index in [-0.39, 0.29) is 16.9 Å². The third-order valence-electron chi connectivity index (χ3n) is 5.45. The molecule has 0 spiro atoms. The van der Waals surface area contributed by atoms with Gasteiger partial charge < -0.3 is 15.8 Å². The monoisotopic (exact) mass is 544 g/mol. The van der Waals surface area contributed by atoms with Crippen LogP contribution in [0.1, 0.15) is 47.1 Å². The molecule has 1 amide bonds. The number of ether oxygens (including phenoxy) is 1. The maximum atomic E-state index is 13.3. The number of nitrogens with zero attached hydrogens (tertiary/aromatic N) is 2. The molecular formula is C25H32N6O4S2. The molecule has 0 aliphatic carbocycles. The van der Waals surface area contributed by atoms with Crippen LogP contribution in [0.5, 0.6) is 5.75 Å². The Morgan fingerprint density at radius 3 is 2.43 bits per heavy atom. The molecule has 10 nitrogen and oxygen atoms in total. The third kappa shape index (κ3) is 7.00. The highest BCUT2D eigenvalue weighted by molar-refractivity contribution is 7.92. The van der Waals surface area contributed by atoms with Crippen molar-refractivity contribution < 1.29 is 17.9 Å². The first-order valence-corrected chi connectivity index (χ1v) is 14.0. The van der Waals surface area contributed by atoms with Crippen molar-refractivity contribution in [3.63, 3.8) is 0 Å². The van der Waals surface area contributed by atoms with E-state index >= 15 is 0 Å². The lowest BCUT2D eigenvalue weighted by Gasteiger charge is -2.24. The normalized spacial score (nSPS) is 12.2. The number of aromatic nitrogens is 1. The average molecular weight is 545 g/mol. The second-order valence-electron chi connectivity index (χ2n) is 9.54. The molecule has 2 aromatic carbocycles. The van der Waals surface area contributed by atoms with Crippen molar-refractivity contribution in [3.05, 3.63) is 69.8 Å². The van der Waals surface area contributed by atoms with Crippen molar-refractivity contribution in [1.29, 1.82) is 0 Å². The fourth-order valence-electron chi connectivity index (χ4n) is 3.51. The highest BCUT2D eigenvalue weighted by Crippen LogP contribution is 2.39. The number of anilines is 3. The van der Waals surface area contributed by atoms with Gasteiger partial charge in [-0.25, -0.2) is 14.3 Å². The van der Waals surface area contributed by atoms with Crippen molar-refractivity contribution in [2.45, 2.75) is 33.1 Å². The van der Waals surface area contributed by atoms with Crippen LogP contribution < -0.4 is 31.4 Å². The molecule has 3 rings (SSSR count). The molecule has 6 N–H and O–H groups in total. The lowest BCUT2D eigenvalue weighted by molar-refractivity contribution is 0.102. The third-order valence-corrected chi connectivity index (χ3v) is 6.86. The van der Waals surface area contributed by atoms with E-state index in [0.29, 0.717) is 22.6 Å². The molecule has 0 radical (unpaired) electrons. The van der Waals surface area contributed by atoms with Crippen LogP contribution in [0.25, 0.3) is 5.70 Å². The molecule has 0 atom stereocenters. The van der Waals surface area contributed by atoms with E-state index in [0.717, 1.165) is 22.3 Å². The Morgan fingerprint density at radius 2 is 1.86 bits per heavy atom. The van der Waals surface area contributed by atoms with E-state index in [1.54, 1.807) is 48.2 Å². The molecule has 0 bridgehead atoms. The first-order chi connectivity index (χ1) is 17.2. The predicted octanol–water partition coefficient (Wildman–Crippen LogP) is 4.02. The van der Waals surface area contributed by atoms with Crippen molar-refractivity contribution in [2.75, 3.05) is 28.4 Å². The summed E-state index contributed by atoms with van der Waals surface area (Å²) in [6, 6.07) is 8.57. The molecule has 0 aliphatic rings. The number of carbonyl (C=O) groups is 1. The summed E-state index contributed by atoms with van der Waals surface area (Å²) in [6.45, 7) is 7.82. The van der Waals surface area contributed by atoms with Crippen molar-refractivity contribution in [3.8, 4) is 5.75 Å². The number of rotatable bonds is 8. The van der Waals surface area contributed by atoms with Gasteiger partial charge in [0.2, 0.25) is 10.0 Å². The summed E-state index contributed by atoms with van der Waals surface area (Å²) in [5.74, 6) is 6.03. The van der Waals surface area contributed by atoms with Gasteiger partial charge in [0.15, 0.2) is 5.75 Å². The Hall–Kier alpha value is -3.61. The molecule has 12 heteroatoms. The van der Waals surface area contributed by atoms with Gasteiger partial charge in [0.25, 0.3) is 5.91 Å². The van der Waals surface area contributed by atoms with Gasteiger partial charge in [0.1, 0.15) is 0 Å². The minimum absolute atomic E-state index is 0.194. The lowest BCUT2D eigenvalue weighted by Crippen LogP contribution is -2.27. The van der Waals surface area contributed by atoms with Gasteiger partial charge >= 0.3 is 0 Å². The number of hydrogen-bond acceptors (Lipinski definition) is 9. The SMILES string of the molecule is COc1c(NC(=O)c2ccc(C)c(N(N)/C=C(\N)c3cncs3)c2)cc(C(C)(C)C)cc1NS(C)(=O)=O. The first kappa shape index (κ1) is 28.0. The number of nitrogens with one attached hydrogen (secondary N) is 2. The van der Waals surface area contributed by atoms with E-state index in [1.807, 2.05) is 27.7 Å². The maximum Gasteiger partial charge on any atom is 0.255 e. The highest BCUT2D eigenvalue weighted by Gasteiger charge is 2.23. The molecule has 0 fully saturated rings. The molecule has 0 unspecified atom stereocenters. The predicted molar refractivity (Wildman–Crippen MR) is 150 cm³/mol. The number of hydrogen-bond donors (Lipinski definition) is 4. The molecule has 1 heterocycles. The summed E-state index contributed by atoms with van der Waals surface area (Å²) < 4.78 is 31.9.